The van der Waals surface area contributed by atoms with Gasteiger partial charge in [0.1, 0.15) is 5.75 Å². The maximum absolute atomic E-state index is 5.15. The van der Waals surface area contributed by atoms with Crippen molar-refractivity contribution in [2.75, 3.05) is 21.0 Å². The third-order valence-electron chi connectivity index (χ3n) is 1.45. The van der Waals surface area contributed by atoms with Crippen LogP contribution in [0.4, 0.5) is 0 Å². The number of ether oxygens (including phenoxy) is 2. The van der Waals surface area contributed by atoms with E-state index in [1.54, 1.807) is 14.2 Å². The van der Waals surface area contributed by atoms with Gasteiger partial charge in [0.2, 0.25) is 0 Å². The molecule has 0 aliphatic heterocycles. The molecule has 5 heteroatoms. The third kappa shape index (κ3) is 3.49. The Labute approximate surface area is 96.1 Å². The lowest BCUT2D eigenvalue weighted by atomic mass is 10.3. The lowest BCUT2D eigenvalue weighted by molar-refractivity contribution is 0.0669. The maximum atomic E-state index is 5.15. The third-order valence-corrected chi connectivity index (χ3v) is 3.12. The van der Waals surface area contributed by atoms with Gasteiger partial charge < -0.3 is 9.47 Å². The Morgan fingerprint density at radius 3 is 2.71 bits per heavy atom. The maximum Gasteiger partial charge on any atom is 0.160 e. The molecule has 0 aliphatic carbocycles. The molecule has 3 nitrogen and oxygen atoms in total. The summed E-state index contributed by atoms with van der Waals surface area (Å²) >= 11 is 4.68. The van der Waals surface area contributed by atoms with Gasteiger partial charge in [-0.15, -0.1) is 0 Å². The molecule has 0 amide bonds. The zero-order valence-electron chi connectivity index (χ0n) is 7.95. The highest BCUT2D eigenvalue weighted by Gasteiger charge is 2.02. The molecule has 0 fully saturated rings. The lowest BCUT2D eigenvalue weighted by Crippen LogP contribution is -1.89. The quantitative estimate of drug-likeness (QED) is 0.470. The molecule has 0 N–H and O–H groups in total. The summed E-state index contributed by atoms with van der Waals surface area (Å²) in [5.74, 6) is 0.813. The van der Waals surface area contributed by atoms with Crippen LogP contribution in [0.25, 0.3) is 0 Å². The summed E-state index contributed by atoms with van der Waals surface area (Å²) in [6.45, 7) is 0.267. The van der Waals surface area contributed by atoms with Crippen molar-refractivity contribution < 1.29 is 13.7 Å². The second-order valence-electron chi connectivity index (χ2n) is 2.40. The summed E-state index contributed by atoms with van der Waals surface area (Å²) in [5.41, 5.74) is 0. The van der Waals surface area contributed by atoms with E-state index >= 15 is 0 Å². The number of hydrogen-bond acceptors (Lipinski definition) is 4. The van der Waals surface area contributed by atoms with Crippen LogP contribution in [0.2, 0.25) is 0 Å². The van der Waals surface area contributed by atoms with Crippen LogP contribution < -0.4 is 4.74 Å². The van der Waals surface area contributed by atoms with Crippen LogP contribution in [0.3, 0.4) is 0 Å². The van der Waals surface area contributed by atoms with Gasteiger partial charge in [-0.25, -0.2) is 0 Å². The zero-order valence-corrected chi connectivity index (χ0v) is 10.4. The second kappa shape index (κ2) is 6.29. The molecule has 1 aromatic rings. The van der Waals surface area contributed by atoms with Crippen LogP contribution in [-0.4, -0.2) is 21.0 Å². The minimum Gasteiger partial charge on any atom is -0.497 e. The first-order valence-corrected chi connectivity index (χ1v) is 5.43. The van der Waals surface area contributed by atoms with Gasteiger partial charge in [-0.1, -0.05) is 0 Å². The van der Waals surface area contributed by atoms with Gasteiger partial charge in [-0.05, 0) is 34.1 Å². The average Bonchev–Trinajstić information content (AvgIpc) is 2.20. The first-order valence-electron chi connectivity index (χ1n) is 3.90. The van der Waals surface area contributed by atoms with Crippen molar-refractivity contribution >= 4 is 28.0 Å². The monoisotopic (exact) mass is 278 g/mol. The minimum absolute atomic E-state index is 0.267. The largest absolute Gasteiger partial charge is 0.497 e. The smallest absolute Gasteiger partial charge is 0.160 e. The van der Waals surface area contributed by atoms with Crippen LogP contribution in [0, 0.1) is 0 Å². The van der Waals surface area contributed by atoms with Gasteiger partial charge >= 0.3 is 0 Å². The van der Waals surface area contributed by atoms with E-state index in [4.69, 9.17) is 13.7 Å². The summed E-state index contributed by atoms with van der Waals surface area (Å²) < 4.78 is 15.9. The fraction of sp³-hybridized carbons (Fsp3) is 0.333. The van der Waals surface area contributed by atoms with E-state index in [0.29, 0.717) is 0 Å². The Morgan fingerprint density at radius 2 is 2.14 bits per heavy atom. The Kier molecular flexibility index (Phi) is 5.32. The van der Waals surface area contributed by atoms with Crippen molar-refractivity contribution in [1.82, 2.24) is 0 Å². The predicted octanol–water partition coefficient (Wildman–Crippen LogP) is 3.09. The topological polar surface area (TPSA) is 27.7 Å². The molecule has 0 saturated carbocycles. The molecule has 1 rings (SSSR count). The van der Waals surface area contributed by atoms with Crippen LogP contribution >= 0.6 is 28.0 Å². The molecule has 14 heavy (non-hydrogen) atoms. The fourth-order valence-corrected chi connectivity index (χ4v) is 1.90. The Bertz CT molecular complexity index is 293. The van der Waals surface area contributed by atoms with Crippen molar-refractivity contribution in [2.45, 2.75) is 4.90 Å². The minimum atomic E-state index is 0.267. The summed E-state index contributed by atoms with van der Waals surface area (Å²) in [7, 11) is 3.22. The summed E-state index contributed by atoms with van der Waals surface area (Å²) in [4.78, 5) is 0.989. The van der Waals surface area contributed by atoms with Crippen LogP contribution in [0.5, 0.6) is 5.75 Å². The van der Waals surface area contributed by atoms with Gasteiger partial charge in [0.05, 0.1) is 7.11 Å². The van der Waals surface area contributed by atoms with Gasteiger partial charge in [0, 0.05) is 28.5 Å². The van der Waals surface area contributed by atoms with E-state index in [2.05, 4.69) is 15.9 Å². The normalized spacial score (nSPS) is 10.2. The highest BCUT2D eigenvalue weighted by Crippen LogP contribution is 2.31. The first-order chi connectivity index (χ1) is 6.77. The Balaban J connectivity index is 2.59. The van der Waals surface area contributed by atoms with E-state index in [1.165, 1.54) is 12.0 Å². The first kappa shape index (κ1) is 11.8. The summed E-state index contributed by atoms with van der Waals surface area (Å²) in [5, 5.41) is 0. The number of rotatable bonds is 5. The van der Waals surface area contributed by atoms with E-state index < -0.39 is 0 Å². The molecule has 0 saturated heterocycles. The molecule has 0 atom stereocenters. The van der Waals surface area contributed by atoms with E-state index in [0.717, 1.165) is 15.1 Å². The molecular formula is C9H11BrO3S. The van der Waals surface area contributed by atoms with Crippen LogP contribution in [-0.2, 0) is 8.92 Å². The van der Waals surface area contributed by atoms with Crippen LogP contribution in [0.15, 0.2) is 27.6 Å². The summed E-state index contributed by atoms with van der Waals surface area (Å²) in [6, 6.07) is 5.69. The summed E-state index contributed by atoms with van der Waals surface area (Å²) in [6.07, 6.45) is 0. The van der Waals surface area contributed by atoms with Crippen molar-refractivity contribution in [1.29, 1.82) is 0 Å². The molecule has 0 unspecified atom stereocenters. The fourth-order valence-electron chi connectivity index (χ4n) is 0.812. The average molecular weight is 279 g/mol. The molecule has 0 heterocycles. The van der Waals surface area contributed by atoms with Gasteiger partial charge in [-0.3, -0.25) is 4.18 Å². The van der Waals surface area contributed by atoms with E-state index in [9.17, 15) is 0 Å². The van der Waals surface area contributed by atoms with Gasteiger partial charge in [0.15, 0.2) is 6.79 Å². The van der Waals surface area contributed by atoms with Crippen molar-refractivity contribution in [2.24, 2.45) is 0 Å². The van der Waals surface area contributed by atoms with Crippen molar-refractivity contribution in [3.05, 3.63) is 22.7 Å². The van der Waals surface area contributed by atoms with E-state index in [1.807, 2.05) is 18.2 Å². The van der Waals surface area contributed by atoms with Crippen molar-refractivity contribution in [3.8, 4) is 5.75 Å². The lowest BCUT2D eigenvalue weighted by Gasteiger charge is -2.05. The molecule has 0 aromatic heterocycles. The molecule has 1 aromatic carbocycles. The molecular weight excluding hydrogens is 268 g/mol. The van der Waals surface area contributed by atoms with Gasteiger partial charge in [0.25, 0.3) is 0 Å². The Morgan fingerprint density at radius 1 is 1.36 bits per heavy atom. The molecule has 0 spiro atoms. The highest BCUT2D eigenvalue weighted by atomic mass is 79.9. The second-order valence-corrected chi connectivity index (χ2v) is 4.10. The molecule has 0 radical (unpaired) electrons. The number of halogens is 1. The predicted molar refractivity (Wildman–Crippen MR) is 59.5 cm³/mol. The van der Waals surface area contributed by atoms with Crippen LogP contribution in [0.1, 0.15) is 0 Å². The molecule has 0 aliphatic rings. The Hall–Kier alpha value is -0.230. The van der Waals surface area contributed by atoms with E-state index in [-0.39, 0.29) is 6.79 Å². The molecule has 0 bridgehead atoms. The number of methoxy groups -OCH3 is 2. The highest BCUT2D eigenvalue weighted by molar-refractivity contribution is 9.10. The molecule has 78 valence electrons. The van der Waals surface area contributed by atoms with Gasteiger partial charge in [-0.2, -0.15) is 0 Å². The standard InChI is InChI=1S/C9H11BrO3S/c1-11-6-13-14-9-4-3-7(12-2)5-8(9)10/h3-5H,6H2,1-2H3. The number of benzene rings is 1. The zero-order chi connectivity index (χ0) is 10.4. The van der Waals surface area contributed by atoms with Crippen molar-refractivity contribution in [3.63, 3.8) is 0 Å². The number of hydrogen-bond donors (Lipinski definition) is 0. The SMILES string of the molecule is COCOSc1ccc(OC)cc1Br.